The molecule has 0 aliphatic carbocycles. The molecule has 0 aromatic heterocycles. The van der Waals surface area contributed by atoms with Crippen molar-refractivity contribution in [3.05, 3.63) is 30.3 Å². The molecule has 0 spiro atoms. The van der Waals surface area contributed by atoms with Gasteiger partial charge in [-0.05, 0) is 12.1 Å². The van der Waals surface area contributed by atoms with Crippen molar-refractivity contribution < 1.29 is 14.3 Å². The minimum Gasteiger partial charge on any atom is -0.454 e. The van der Waals surface area contributed by atoms with Gasteiger partial charge in [-0.3, -0.25) is 9.59 Å². The predicted molar refractivity (Wildman–Crippen MR) is 58.8 cm³/mol. The van der Waals surface area contributed by atoms with E-state index in [-0.39, 0.29) is 0 Å². The Bertz CT molecular complexity index is 324. The lowest BCUT2D eigenvalue weighted by Gasteiger charge is -2.09. The van der Waals surface area contributed by atoms with Crippen LogP contribution in [0.4, 0.5) is 0 Å². The van der Waals surface area contributed by atoms with Crippen LogP contribution in [0.15, 0.2) is 35.2 Å². The molecule has 0 bridgehead atoms. The van der Waals surface area contributed by atoms with Crippen LogP contribution in [0, 0.1) is 0 Å². The summed E-state index contributed by atoms with van der Waals surface area (Å²) in [5, 5.41) is 0. The van der Waals surface area contributed by atoms with Crippen molar-refractivity contribution in [1.29, 1.82) is 0 Å². The molecule has 1 aromatic carbocycles. The van der Waals surface area contributed by atoms with E-state index in [0.717, 1.165) is 4.90 Å². The number of hydrogen-bond acceptors (Lipinski definition) is 4. The molecule has 15 heavy (non-hydrogen) atoms. The third kappa shape index (κ3) is 4.65. The summed E-state index contributed by atoms with van der Waals surface area (Å²) < 4.78 is 4.79. The summed E-state index contributed by atoms with van der Waals surface area (Å²) in [4.78, 5) is 22.3. The first-order valence-corrected chi connectivity index (χ1v) is 5.51. The zero-order valence-corrected chi connectivity index (χ0v) is 9.20. The van der Waals surface area contributed by atoms with Crippen LogP contribution in [0.3, 0.4) is 0 Å². The van der Waals surface area contributed by atoms with Gasteiger partial charge in [-0.15, -0.1) is 11.8 Å². The maximum absolute atomic E-state index is 10.6. The van der Waals surface area contributed by atoms with Gasteiger partial charge in [-0.2, -0.15) is 0 Å². The maximum Gasteiger partial charge on any atom is 0.303 e. The average Bonchev–Trinajstić information content (AvgIpc) is 2.25. The molecule has 0 heterocycles. The first-order valence-electron chi connectivity index (χ1n) is 4.52. The van der Waals surface area contributed by atoms with Crippen molar-refractivity contribution in [3.63, 3.8) is 0 Å². The van der Waals surface area contributed by atoms with E-state index in [4.69, 9.17) is 4.74 Å². The third-order valence-corrected chi connectivity index (χ3v) is 2.73. The standard InChI is InChI=1S/C11H12O3S/c1-9(13)14-10(7-12)8-15-11-5-3-2-4-6-11/h2-7,10H,8H2,1H3. The normalized spacial score (nSPS) is 11.8. The Hall–Kier alpha value is -1.29. The fourth-order valence-corrected chi connectivity index (χ4v) is 1.86. The molecule has 0 radical (unpaired) electrons. The largest absolute Gasteiger partial charge is 0.454 e. The van der Waals surface area contributed by atoms with Gasteiger partial charge < -0.3 is 4.74 Å². The highest BCUT2D eigenvalue weighted by Gasteiger charge is 2.10. The molecule has 0 amide bonds. The number of thioether (sulfide) groups is 1. The van der Waals surface area contributed by atoms with E-state index >= 15 is 0 Å². The fraction of sp³-hybridized carbons (Fsp3) is 0.273. The Kier molecular flexibility index (Phi) is 4.90. The Morgan fingerprint density at radius 1 is 1.47 bits per heavy atom. The summed E-state index contributed by atoms with van der Waals surface area (Å²) in [5.74, 6) is 0.0216. The SMILES string of the molecule is CC(=O)OC(C=O)CSc1ccccc1. The van der Waals surface area contributed by atoms with Gasteiger partial charge in [0.2, 0.25) is 0 Å². The van der Waals surface area contributed by atoms with E-state index in [1.807, 2.05) is 30.3 Å². The van der Waals surface area contributed by atoms with Crippen molar-refractivity contribution in [2.24, 2.45) is 0 Å². The molecule has 3 nitrogen and oxygen atoms in total. The number of aldehydes is 1. The molecule has 0 aliphatic heterocycles. The third-order valence-electron chi connectivity index (χ3n) is 1.63. The Morgan fingerprint density at radius 3 is 2.67 bits per heavy atom. The Labute approximate surface area is 92.8 Å². The lowest BCUT2D eigenvalue weighted by Crippen LogP contribution is -2.20. The molecule has 1 rings (SSSR count). The molecular weight excluding hydrogens is 212 g/mol. The van der Waals surface area contributed by atoms with Gasteiger partial charge in [0.1, 0.15) is 0 Å². The van der Waals surface area contributed by atoms with E-state index in [0.29, 0.717) is 12.0 Å². The number of ether oxygens (including phenoxy) is 1. The Balaban J connectivity index is 2.41. The van der Waals surface area contributed by atoms with E-state index < -0.39 is 12.1 Å². The van der Waals surface area contributed by atoms with Gasteiger partial charge in [-0.1, -0.05) is 18.2 Å². The molecule has 1 aromatic rings. The molecule has 1 unspecified atom stereocenters. The number of rotatable bonds is 5. The zero-order valence-electron chi connectivity index (χ0n) is 8.38. The van der Waals surface area contributed by atoms with Gasteiger partial charge in [-0.25, -0.2) is 0 Å². The highest BCUT2D eigenvalue weighted by Crippen LogP contribution is 2.18. The second-order valence-electron chi connectivity index (χ2n) is 2.91. The fourth-order valence-electron chi connectivity index (χ4n) is 1.01. The van der Waals surface area contributed by atoms with Crippen molar-refractivity contribution >= 4 is 24.0 Å². The average molecular weight is 224 g/mol. The summed E-state index contributed by atoms with van der Waals surface area (Å²) in [7, 11) is 0. The van der Waals surface area contributed by atoms with Gasteiger partial charge in [0.25, 0.3) is 0 Å². The topological polar surface area (TPSA) is 43.4 Å². The summed E-state index contributed by atoms with van der Waals surface area (Å²) >= 11 is 1.49. The number of hydrogen-bond donors (Lipinski definition) is 0. The quantitative estimate of drug-likeness (QED) is 0.435. The second-order valence-corrected chi connectivity index (χ2v) is 4.00. The molecular formula is C11H12O3S. The predicted octanol–water partition coefficient (Wildman–Crippen LogP) is 1.91. The van der Waals surface area contributed by atoms with Crippen LogP contribution < -0.4 is 0 Å². The van der Waals surface area contributed by atoms with Crippen LogP contribution in [-0.4, -0.2) is 24.1 Å². The Morgan fingerprint density at radius 2 is 2.13 bits per heavy atom. The minimum atomic E-state index is -0.660. The van der Waals surface area contributed by atoms with Gasteiger partial charge in [0.05, 0.1) is 0 Å². The van der Waals surface area contributed by atoms with E-state index in [1.165, 1.54) is 18.7 Å². The summed E-state index contributed by atoms with van der Waals surface area (Å²) in [6.07, 6.45) is -0.00939. The summed E-state index contributed by atoms with van der Waals surface area (Å²) in [6, 6.07) is 9.65. The van der Waals surface area contributed by atoms with E-state index in [2.05, 4.69) is 0 Å². The molecule has 0 saturated heterocycles. The molecule has 0 N–H and O–H groups in total. The van der Waals surface area contributed by atoms with Crippen molar-refractivity contribution in [2.75, 3.05) is 5.75 Å². The number of esters is 1. The second kappa shape index (κ2) is 6.24. The van der Waals surface area contributed by atoms with Crippen molar-refractivity contribution in [3.8, 4) is 0 Å². The molecule has 0 aliphatic rings. The minimum absolute atomic E-state index is 0.430. The lowest BCUT2D eigenvalue weighted by molar-refractivity contribution is -0.148. The van der Waals surface area contributed by atoms with Crippen LogP contribution in [0.2, 0.25) is 0 Å². The van der Waals surface area contributed by atoms with Crippen LogP contribution >= 0.6 is 11.8 Å². The maximum atomic E-state index is 10.6. The number of carbonyl (C=O) groups excluding carboxylic acids is 2. The molecule has 0 saturated carbocycles. The first-order chi connectivity index (χ1) is 7.22. The van der Waals surface area contributed by atoms with Crippen LogP contribution in [0.1, 0.15) is 6.92 Å². The molecule has 1 atom stereocenters. The van der Waals surface area contributed by atoms with Gasteiger partial charge in [0.15, 0.2) is 12.4 Å². The number of benzene rings is 1. The van der Waals surface area contributed by atoms with Crippen molar-refractivity contribution in [2.45, 2.75) is 17.9 Å². The van der Waals surface area contributed by atoms with Crippen LogP contribution in [0.5, 0.6) is 0 Å². The number of carbonyl (C=O) groups is 2. The first kappa shape index (κ1) is 11.8. The molecule has 80 valence electrons. The van der Waals surface area contributed by atoms with Crippen LogP contribution in [0.25, 0.3) is 0 Å². The molecule has 4 heteroatoms. The highest BCUT2D eigenvalue weighted by atomic mass is 32.2. The van der Waals surface area contributed by atoms with Gasteiger partial charge >= 0.3 is 5.97 Å². The summed E-state index contributed by atoms with van der Waals surface area (Å²) in [6.45, 7) is 1.30. The van der Waals surface area contributed by atoms with Gasteiger partial charge in [0, 0.05) is 17.6 Å². The smallest absolute Gasteiger partial charge is 0.303 e. The zero-order chi connectivity index (χ0) is 11.1. The summed E-state index contributed by atoms with van der Waals surface area (Å²) in [5.41, 5.74) is 0. The van der Waals surface area contributed by atoms with Crippen molar-refractivity contribution in [1.82, 2.24) is 0 Å². The van der Waals surface area contributed by atoms with E-state index in [1.54, 1.807) is 0 Å². The monoisotopic (exact) mass is 224 g/mol. The lowest BCUT2D eigenvalue weighted by atomic mass is 10.4. The van der Waals surface area contributed by atoms with E-state index in [9.17, 15) is 9.59 Å². The van der Waals surface area contributed by atoms with Crippen LogP contribution in [-0.2, 0) is 14.3 Å². The molecule has 0 fully saturated rings. The highest BCUT2D eigenvalue weighted by molar-refractivity contribution is 7.99.